The molecular formula is C24H34N4O3. The third-order valence-corrected chi connectivity index (χ3v) is 5.25. The second-order valence-corrected chi connectivity index (χ2v) is 7.50. The van der Waals surface area contributed by atoms with Crippen molar-refractivity contribution >= 4 is 11.8 Å². The molecule has 0 heterocycles. The summed E-state index contributed by atoms with van der Waals surface area (Å²) < 4.78 is 0. The largest absolute Gasteiger partial charge is 0.508 e. The predicted octanol–water partition coefficient (Wildman–Crippen LogP) is 1.58. The van der Waals surface area contributed by atoms with Gasteiger partial charge in [-0.3, -0.25) is 9.59 Å². The molecule has 0 saturated heterocycles. The fourth-order valence-electron chi connectivity index (χ4n) is 3.54. The number of aryl methyl sites for hydroxylation is 1. The number of nitrogens with one attached hydrogen (secondary N) is 1. The fraction of sp³-hybridized carbons (Fsp3) is 0.417. The number of aromatic hydroxyl groups is 1. The molecule has 2 rings (SSSR count). The number of benzene rings is 2. The molecule has 168 valence electrons. The summed E-state index contributed by atoms with van der Waals surface area (Å²) in [6.45, 7) is 1.07. The lowest BCUT2D eigenvalue weighted by atomic mass is 10.1. The number of phenolic OH excluding ortho intramolecular Hbond substituents is 1. The molecular weight excluding hydrogens is 392 g/mol. The van der Waals surface area contributed by atoms with Crippen LogP contribution >= 0.6 is 0 Å². The van der Waals surface area contributed by atoms with Crippen LogP contribution in [-0.2, 0) is 22.4 Å². The number of nitrogens with zero attached hydrogens (tertiary/aromatic N) is 1. The molecule has 6 N–H and O–H groups in total. The number of para-hydroxylation sites is 1. The summed E-state index contributed by atoms with van der Waals surface area (Å²) in [5, 5.41) is 13.0. The molecule has 0 aromatic heterocycles. The van der Waals surface area contributed by atoms with E-state index in [1.165, 1.54) is 10.5 Å². The minimum atomic E-state index is -0.637. The molecule has 0 unspecified atom stereocenters. The van der Waals surface area contributed by atoms with Gasteiger partial charge in [0.05, 0.1) is 6.54 Å². The van der Waals surface area contributed by atoms with Crippen LogP contribution in [0.4, 0.5) is 0 Å². The molecule has 2 aromatic carbocycles. The van der Waals surface area contributed by atoms with E-state index in [9.17, 15) is 14.7 Å². The van der Waals surface area contributed by atoms with Crippen molar-refractivity contribution in [1.29, 1.82) is 0 Å². The Balaban J connectivity index is 2.00. The molecule has 0 fully saturated rings. The van der Waals surface area contributed by atoms with Crippen molar-refractivity contribution in [2.75, 3.05) is 26.2 Å². The van der Waals surface area contributed by atoms with Crippen molar-refractivity contribution < 1.29 is 14.7 Å². The average molecular weight is 427 g/mol. The van der Waals surface area contributed by atoms with Gasteiger partial charge in [-0.25, -0.2) is 0 Å². The van der Waals surface area contributed by atoms with E-state index >= 15 is 0 Å². The Hall–Kier alpha value is -2.90. The van der Waals surface area contributed by atoms with Gasteiger partial charge in [0.25, 0.3) is 0 Å². The van der Waals surface area contributed by atoms with Crippen molar-refractivity contribution in [2.24, 2.45) is 11.5 Å². The van der Waals surface area contributed by atoms with E-state index < -0.39 is 6.04 Å². The van der Waals surface area contributed by atoms with Crippen LogP contribution in [0.5, 0.6) is 5.75 Å². The molecule has 0 aliphatic carbocycles. The molecule has 7 heteroatoms. The summed E-state index contributed by atoms with van der Waals surface area (Å²) in [5.74, 6) is -0.316. The quantitative estimate of drug-likeness (QED) is 0.362. The van der Waals surface area contributed by atoms with E-state index in [4.69, 9.17) is 11.5 Å². The highest BCUT2D eigenvalue weighted by atomic mass is 16.3. The number of nitrogens with two attached hydrogens (primary N) is 2. The second-order valence-electron chi connectivity index (χ2n) is 7.50. The molecule has 0 saturated carbocycles. The van der Waals surface area contributed by atoms with Crippen LogP contribution in [0.15, 0.2) is 54.6 Å². The summed E-state index contributed by atoms with van der Waals surface area (Å²) in [7, 11) is 0. The lowest BCUT2D eigenvalue weighted by Crippen LogP contribution is -2.52. The van der Waals surface area contributed by atoms with Crippen LogP contribution < -0.4 is 16.8 Å². The third-order valence-electron chi connectivity index (χ3n) is 5.25. The van der Waals surface area contributed by atoms with Gasteiger partial charge in [0, 0.05) is 13.1 Å². The topological polar surface area (TPSA) is 122 Å². The number of carbonyl (C=O) groups excluding carboxylic acids is 2. The Morgan fingerprint density at radius 2 is 1.68 bits per heavy atom. The lowest BCUT2D eigenvalue weighted by molar-refractivity contribution is -0.139. The van der Waals surface area contributed by atoms with Crippen LogP contribution in [0.3, 0.4) is 0 Å². The normalized spacial score (nSPS) is 11.7. The highest BCUT2D eigenvalue weighted by molar-refractivity contribution is 5.88. The molecule has 1 atom stereocenters. The molecule has 0 radical (unpaired) electrons. The highest BCUT2D eigenvalue weighted by Gasteiger charge is 2.28. The van der Waals surface area contributed by atoms with Crippen LogP contribution in [-0.4, -0.2) is 54.0 Å². The minimum absolute atomic E-state index is 0.173. The first kappa shape index (κ1) is 24.4. The number of amides is 2. The standard InChI is InChI=1S/C24H34N4O3/c25-15-6-12-21(24(31)27-16-7-10-19-8-2-1-3-9-19)28(23(30)18-26)17-14-20-11-4-5-13-22(20)29/h1-5,8-9,11,13,21,29H,6-7,10,12,14-18,25-26H2,(H,27,31)/t21-/m0/s1. The van der Waals surface area contributed by atoms with Gasteiger partial charge in [-0.15, -0.1) is 0 Å². The van der Waals surface area contributed by atoms with Crippen molar-refractivity contribution in [1.82, 2.24) is 10.2 Å². The molecule has 0 aliphatic rings. The van der Waals surface area contributed by atoms with E-state index in [0.717, 1.165) is 18.4 Å². The summed E-state index contributed by atoms with van der Waals surface area (Å²) in [6.07, 6.45) is 3.19. The molecule has 2 amide bonds. The van der Waals surface area contributed by atoms with E-state index in [1.807, 2.05) is 24.3 Å². The predicted molar refractivity (Wildman–Crippen MR) is 122 cm³/mol. The maximum absolute atomic E-state index is 13.0. The summed E-state index contributed by atoms with van der Waals surface area (Å²) in [4.78, 5) is 27.1. The van der Waals surface area contributed by atoms with E-state index in [-0.39, 0.29) is 24.1 Å². The van der Waals surface area contributed by atoms with Crippen LogP contribution in [0.1, 0.15) is 30.4 Å². The maximum atomic E-state index is 13.0. The smallest absolute Gasteiger partial charge is 0.242 e. The number of hydrogen-bond donors (Lipinski definition) is 4. The number of phenols is 1. The Bertz CT molecular complexity index is 813. The van der Waals surface area contributed by atoms with Crippen molar-refractivity contribution in [2.45, 2.75) is 38.1 Å². The molecule has 7 nitrogen and oxygen atoms in total. The lowest BCUT2D eigenvalue weighted by Gasteiger charge is -2.31. The van der Waals surface area contributed by atoms with Gasteiger partial charge in [0.1, 0.15) is 11.8 Å². The van der Waals surface area contributed by atoms with Crippen LogP contribution in [0.25, 0.3) is 0 Å². The molecule has 31 heavy (non-hydrogen) atoms. The van der Waals surface area contributed by atoms with Gasteiger partial charge in [-0.1, -0.05) is 48.5 Å². The van der Waals surface area contributed by atoms with Crippen molar-refractivity contribution in [3.05, 3.63) is 65.7 Å². The average Bonchev–Trinajstić information content (AvgIpc) is 2.80. The summed E-state index contributed by atoms with van der Waals surface area (Å²) in [5.41, 5.74) is 13.2. The Morgan fingerprint density at radius 3 is 2.35 bits per heavy atom. The number of carbonyl (C=O) groups is 2. The van der Waals surface area contributed by atoms with Gasteiger partial charge in [-0.05, 0) is 55.8 Å². The minimum Gasteiger partial charge on any atom is -0.508 e. The molecule has 0 spiro atoms. The summed E-state index contributed by atoms with van der Waals surface area (Å²) >= 11 is 0. The van der Waals surface area contributed by atoms with E-state index in [2.05, 4.69) is 17.4 Å². The van der Waals surface area contributed by atoms with Gasteiger partial charge in [0.2, 0.25) is 11.8 Å². The van der Waals surface area contributed by atoms with Gasteiger partial charge in [0.15, 0.2) is 0 Å². The van der Waals surface area contributed by atoms with E-state index in [1.54, 1.807) is 18.2 Å². The fourth-order valence-corrected chi connectivity index (χ4v) is 3.54. The first-order chi connectivity index (χ1) is 15.1. The first-order valence-corrected chi connectivity index (χ1v) is 10.8. The maximum Gasteiger partial charge on any atom is 0.242 e. The second kappa shape index (κ2) is 13.4. The number of hydrogen-bond acceptors (Lipinski definition) is 5. The van der Waals surface area contributed by atoms with Crippen molar-refractivity contribution in [3.8, 4) is 5.75 Å². The Labute approximate surface area is 184 Å². The zero-order valence-electron chi connectivity index (χ0n) is 18.0. The van der Waals surface area contributed by atoms with Gasteiger partial charge in [-0.2, -0.15) is 0 Å². The zero-order valence-corrected chi connectivity index (χ0v) is 18.0. The molecule has 0 aliphatic heterocycles. The van der Waals surface area contributed by atoms with E-state index in [0.29, 0.717) is 38.9 Å². The zero-order chi connectivity index (χ0) is 22.5. The van der Waals surface area contributed by atoms with Crippen LogP contribution in [0, 0.1) is 0 Å². The SMILES string of the molecule is NCCC[C@@H](C(=O)NCCCc1ccccc1)N(CCc1ccccc1O)C(=O)CN. The monoisotopic (exact) mass is 426 g/mol. The first-order valence-electron chi connectivity index (χ1n) is 10.8. The van der Waals surface area contributed by atoms with Gasteiger partial charge < -0.3 is 26.8 Å². The highest BCUT2D eigenvalue weighted by Crippen LogP contribution is 2.18. The third kappa shape index (κ3) is 8.03. The van der Waals surface area contributed by atoms with Crippen molar-refractivity contribution in [3.63, 3.8) is 0 Å². The van der Waals surface area contributed by atoms with Crippen LogP contribution in [0.2, 0.25) is 0 Å². The Kier molecular flexibility index (Phi) is 10.5. The molecule has 0 bridgehead atoms. The molecule has 2 aromatic rings. The Morgan fingerprint density at radius 1 is 0.968 bits per heavy atom. The number of rotatable bonds is 13. The summed E-state index contributed by atoms with van der Waals surface area (Å²) in [6, 6.07) is 16.4. The van der Waals surface area contributed by atoms with Gasteiger partial charge >= 0.3 is 0 Å².